The maximum atomic E-state index is 13.3. The number of rotatable bonds is 8. The predicted molar refractivity (Wildman–Crippen MR) is 146 cm³/mol. The summed E-state index contributed by atoms with van der Waals surface area (Å²) in [6.07, 6.45) is 0. The van der Waals surface area contributed by atoms with Crippen molar-refractivity contribution in [3.63, 3.8) is 0 Å². The topological polar surface area (TPSA) is 93.6 Å². The van der Waals surface area contributed by atoms with Crippen molar-refractivity contribution in [1.29, 1.82) is 0 Å². The third kappa shape index (κ3) is 4.24. The second-order valence-corrected chi connectivity index (χ2v) is 10.3. The van der Waals surface area contributed by atoms with Gasteiger partial charge in [0.1, 0.15) is 11.2 Å². The first-order valence-electron chi connectivity index (χ1n) is 11.7. The molecule has 0 fully saturated rings. The number of hydrogen-bond acceptors (Lipinski definition) is 7. The highest BCUT2D eigenvalue weighted by Gasteiger charge is 2.20. The molecule has 11 heteroatoms. The van der Waals surface area contributed by atoms with Gasteiger partial charge in [-0.25, -0.2) is 13.9 Å². The van der Waals surface area contributed by atoms with Gasteiger partial charge in [-0.2, -0.15) is 0 Å². The second-order valence-electron chi connectivity index (χ2n) is 8.40. The van der Waals surface area contributed by atoms with Crippen molar-refractivity contribution < 1.29 is 4.79 Å². The molecule has 186 valence electrons. The average molecular weight is 523 g/mol. The third-order valence-electron chi connectivity index (χ3n) is 6.19. The molecule has 4 heterocycles. The van der Waals surface area contributed by atoms with Crippen molar-refractivity contribution in [3.05, 3.63) is 78.4 Å². The predicted octanol–water partition coefficient (Wildman–Crippen LogP) is 3.78. The quantitative estimate of drug-likeness (QED) is 0.335. The molecule has 0 saturated carbocycles. The van der Waals surface area contributed by atoms with E-state index in [0.29, 0.717) is 22.4 Å². The van der Waals surface area contributed by atoms with Gasteiger partial charge in [0.2, 0.25) is 11.7 Å². The zero-order chi connectivity index (χ0) is 25.4. The van der Waals surface area contributed by atoms with E-state index in [1.807, 2.05) is 42.6 Å². The van der Waals surface area contributed by atoms with Gasteiger partial charge in [0.05, 0.1) is 12.1 Å². The molecule has 5 aromatic rings. The summed E-state index contributed by atoms with van der Waals surface area (Å²) < 4.78 is 4.51. The minimum absolute atomic E-state index is 0.202. The molecule has 0 aliphatic rings. The summed E-state index contributed by atoms with van der Waals surface area (Å²) >= 11 is 2.81. The van der Waals surface area contributed by atoms with Crippen LogP contribution in [0.4, 0.5) is 11.4 Å². The van der Waals surface area contributed by atoms with Gasteiger partial charge in [-0.3, -0.25) is 14.2 Å². The molecule has 0 atom stereocenters. The van der Waals surface area contributed by atoms with Crippen LogP contribution in [0.25, 0.3) is 16.0 Å². The molecule has 0 radical (unpaired) electrons. The number of hydrogen-bond donors (Lipinski definition) is 1. The standard InChI is InChI=1S/C25H26N6O3S2/c1-4-28(5-2)17-8-9-19(16(3)13-17)26-21(32)15-30-25(34)31-20-10-12-36-22(20)23(33)29(24(31)27-30)14-18-7-6-11-35-18/h6-13H,4-5,14-15H2,1-3H3,(H,26,32). The molecule has 4 aromatic heterocycles. The van der Waals surface area contributed by atoms with Gasteiger partial charge in [-0.05, 0) is 67.4 Å². The summed E-state index contributed by atoms with van der Waals surface area (Å²) in [6, 6.07) is 11.5. The molecule has 0 unspecified atom stereocenters. The van der Waals surface area contributed by atoms with Crippen LogP contribution in [0.2, 0.25) is 0 Å². The van der Waals surface area contributed by atoms with E-state index in [0.717, 1.165) is 33.9 Å². The fourth-order valence-electron chi connectivity index (χ4n) is 4.34. The average Bonchev–Trinajstić information content (AvgIpc) is 3.61. The monoisotopic (exact) mass is 522 g/mol. The minimum atomic E-state index is -0.461. The van der Waals surface area contributed by atoms with Gasteiger partial charge < -0.3 is 10.2 Å². The lowest BCUT2D eigenvalue weighted by molar-refractivity contribution is -0.117. The third-order valence-corrected chi connectivity index (χ3v) is 7.94. The van der Waals surface area contributed by atoms with Crippen LogP contribution in [0.5, 0.6) is 0 Å². The van der Waals surface area contributed by atoms with E-state index in [4.69, 9.17) is 0 Å². The molecular weight excluding hydrogens is 496 g/mol. The Kier molecular flexibility index (Phi) is 6.50. The number of nitrogens with one attached hydrogen (secondary N) is 1. The van der Waals surface area contributed by atoms with Crippen LogP contribution in [-0.4, -0.2) is 37.7 Å². The number of carbonyl (C=O) groups is 1. The van der Waals surface area contributed by atoms with Crippen LogP contribution in [0.1, 0.15) is 24.3 Å². The molecule has 5 rings (SSSR count). The molecule has 0 aliphatic heterocycles. The second kappa shape index (κ2) is 9.75. The molecule has 9 nitrogen and oxygen atoms in total. The van der Waals surface area contributed by atoms with E-state index >= 15 is 0 Å². The molecule has 1 aromatic carbocycles. The van der Waals surface area contributed by atoms with Crippen molar-refractivity contribution in [2.24, 2.45) is 0 Å². The number of aromatic nitrogens is 4. The number of anilines is 2. The van der Waals surface area contributed by atoms with E-state index in [9.17, 15) is 14.4 Å². The summed E-state index contributed by atoms with van der Waals surface area (Å²) in [4.78, 5) is 42.6. The molecular formula is C25H26N6O3S2. The van der Waals surface area contributed by atoms with Gasteiger partial charge in [-0.1, -0.05) is 6.07 Å². The molecule has 36 heavy (non-hydrogen) atoms. The van der Waals surface area contributed by atoms with Gasteiger partial charge in [0.25, 0.3) is 5.56 Å². The van der Waals surface area contributed by atoms with Crippen LogP contribution in [0.15, 0.2) is 56.7 Å². The Bertz CT molecular complexity index is 1670. The Morgan fingerprint density at radius 2 is 1.89 bits per heavy atom. The maximum Gasteiger partial charge on any atom is 0.352 e. The first-order valence-corrected chi connectivity index (χ1v) is 13.4. The van der Waals surface area contributed by atoms with Crippen LogP contribution < -0.4 is 21.5 Å². The van der Waals surface area contributed by atoms with E-state index in [1.54, 1.807) is 11.4 Å². The number of fused-ring (bicyclic) bond motifs is 3. The Morgan fingerprint density at radius 1 is 1.08 bits per heavy atom. The van der Waals surface area contributed by atoms with Gasteiger partial charge in [-0.15, -0.1) is 27.8 Å². The number of aryl methyl sites for hydroxylation is 1. The minimum Gasteiger partial charge on any atom is -0.372 e. The Labute approximate surface area is 214 Å². The molecule has 0 spiro atoms. The zero-order valence-electron chi connectivity index (χ0n) is 20.2. The summed E-state index contributed by atoms with van der Waals surface area (Å²) in [5, 5.41) is 11.0. The molecule has 0 saturated heterocycles. The normalized spacial score (nSPS) is 11.4. The summed E-state index contributed by atoms with van der Waals surface area (Å²) in [7, 11) is 0. The SMILES string of the molecule is CCN(CC)c1ccc(NC(=O)Cn2nc3n(Cc4cccs4)c(=O)c4sccc4n3c2=O)c(C)c1. The zero-order valence-corrected chi connectivity index (χ0v) is 21.9. The number of nitrogens with zero attached hydrogens (tertiary/aromatic N) is 5. The highest BCUT2D eigenvalue weighted by molar-refractivity contribution is 7.17. The summed E-state index contributed by atoms with van der Waals surface area (Å²) in [6.45, 7) is 7.97. The number of thiophene rings is 2. The fourth-order valence-corrected chi connectivity index (χ4v) is 5.85. The summed E-state index contributed by atoms with van der Waals surface area (Å²) in [5.74, 6) is -0.148. The van der Waals surface area contributed by atoms with Gasteiger partial charge >= 0.3 is 5.69 Å². The highest BCUT2D eigenvalue weighted by Crippen LogP contribution is 2.23. The Balaban J connectivity index is 1.48. The number of benzene rings is 1. The van der Waals surface area contributed by atoms with Crippen LogP contribution in [-0.2, 0) is 17.9 Å². The highest BCUT2D eigenvalue weighted by atomic mass is 32.1. The summed E-state index contributed by atoms with van der Waals surface area (Å²) in [5.41, 5.74) is 2.54. The lowest BCUT2D eigenvalue weighted by Gasteiger charge is -2.22. The van der Waals surface area contributed by atoms with E-state index in [2.05, 4.69) is 29.2 Å². The van der Waals surface area contributed by atoms with Crippen molar-refractivity contribution in [3.8, 4) is 0 Å². The van der Waals surface area contributed by atoms with Crippen LogP contribution in [0.3, 0.4) is 0 Å². The molecule has 1 N–H and O–H groups in total. The Morgan fingerprint density at radius 3 is 2.58 bits per heavy atom. The van der Waals surface area contributed by atoms with E-state index in [-0.39, 0.29) is 23.8 Å². The van der Waals surface area contributed by atoms with Crippen molar-refractivity contribution >= 4 is 55.9 Å². The van der Waals surface area contributed by atoms with Crippen molar-refractivity contribution in [2.45, 2.75) is 33.9 Å². The lowest BCUT2D eigenvalue weighted by Crippen LogP contribution is -2.29. The molecule has 0 bridgehead atoms. The first-order chi connectivity index (χ1) is 17.4. The van der Waals surface area contributed by atoms with Crippen LogP contribution >= 0.6 is 22.7 Å². The van der Waals surface area contributed by atoms with Crippen molar-refractivity contribution in [1.82, 2.24) is 18.7 Å². The number of amides is 1. The molecule has 0 aliphatic carbocycles. The fraction of sp³-hybridized carbons (Fsp3) is 0.280. The van der Waals surface area contributed by atoms with Gasteiger partial charge in [0, 0.05) is 29.3 Å². The molecule has 1 amide bonds. The number of carbonyl (C=O) groups excluding carboxylic acids is 1. The van der Waals surface area contributed by atoms with Crippen molar-refractivity contribution in [2.75, 3.05) is 23.3 Å². The van der Waals surface area contributed by atoms with E-state index in [1.165, 1.54) is 31.6 Å². The van der Waals surface area contributed by atoms with Gasteiger partial charge in [0.15, 0.2) is 0 Å². The largest absolute Gasteiger partial charge is 0.372 e. The lowest BCUT2D eigenvalue weighted by atomic mass is 10.1. The smallest absolute Gasteiger partial charge is 0.352 e. The van der Waals surface area contributed by atoms with E-state index < -0.39 is 5.69 Å². The first kappa shape index (κ1) is 24.0. The van der Waals surface area contributed by atoms with Crippen LogP contribution in [0, 0.1) is 6.92 Å². The maximum absolute atomic E-state index is 13.3. The Hall–Kier alpha value is -3.70.